The minimum atomic E-state index is 0.706. The van der Waals surface area contributed by atoms with Crippen molar-refractivity contribution in [2.75, 3.05) is 11.4 Å². The second kappa shape index (κ2) is 6.24. The van der Waals surface area contributed by atoms with Crippen LogP contribution >= 0.6 is 11.6 Å². The third-order valence-electron chi connectivity index (χ3n) is 4.30. The molecular formula is C18H18ClN5. The van der Waals surface area contributed by atoms with Gasteiger partial charge >= 0.3 is 0 Å². The van der Waals surface area contributed by atoms with E-state index in [2.05, 4.69) is 32.1 Å². The molecule has 122 valence electrons. The molecule has 0 saturated heterocycles. The highest BCUT2D eigenvalue weighted by molar-refractivity contribution is 6.30. The fraction of sp³-hybridized carbons (Fsp3) is 0.278. The van der Waals surface area contributed by atoms with Crippen molar-refractivity contribution in [3.05, 3.63) is 59.1 Å². The smallest absolute Gasteiger partial charge is 0.162 e. The summed E-state index contributed by atoms with van der Waals surface area (Å²) in [4.78, 5) is 11.3. The molecule has 1 aliphatic rings. The van der Waals surface area contributed by atoms with E-state index in [1.165, 1.54) is 11.3 Å². The summed E-state index contributed by atoms with van der Waals surface area (Å²) in [6.07, 6.45) is 9.73. The number of anilines is 1. The van der Waals surface area contributed by atoms with Crippen LogP contribution < -0.4 is 4.90 Å². The molecular weight excluding hydrogens is 322 g/mol. The molecule has 5 nitrogen and oxygen atoms in total. The van der Waals surface area contributed by atoms with Gasteiger partial charge in [0.25, 0.3) is 0 Å². The summed E-state index contributed by atoms with van der Waals surface area (Å²) in [5.74, 6) is 0.706. The molecule has 0 saturated carbocycles. The van der Waals surface area contributed by atoms with Crippen molar-refractivity contribution >= 4 is 17.3 Å². The van der Waals surface area contributed by atoms with E-state index in [1.54, 1.807) is 10.9 Å². The summed E-state index contributed by atoms with van der Waals surface area (Å²) in [6, 6.07) is 6.15. The van der Waals surface area contributed by atoms with E-state index < -0.39 is 0 Å². The maximum Gasteiger partial charge on any atom is 0.162 e. The number of aryl methyl sites for hydroxylation is 2. The van der Waals surface area contributed by atoms with Gasteiger partial charge in [-0.15, -0.1) is 0 Å². The summed E-state index contributed by atoms with van der Waals surface area (Å²) >= 11 is 6.12. The summed E-state index contributed by atoms with van der Waals surface area (Å²) in [5.41, 5.74) is 4.62. The van der Waals surface area contributed by atoms with Gasteiger partial charge in [0, 0.05) is 55.0 Å². The molecule has 0 spiro atoms. The number of halogens is 1. The summed E-state index contributed by atoms with van der Waals surface area (Å²) < 4.78 is 1.75. The highest BCUT2D eigenvalue weighted by atomic mass is 35.5. The molecule has 1 aromatic carbocycles. The number of hydrogen-bond donors (Lipinski definition) is 0. The monoisotopic (exact) mass is 339 g/mol. The van der Waals surface area contributed by atoms with Crippen LogP contribution in [0.5, 0.6) is 0 Å². The Hall–Kier alpha value is -2.40. The summed E-state index contributed by atoms with van der Waals surface area (Å²) in [7, 11) is 1.89. The molecule has 2 aromatic heterocycles. The maximum atomic E-state index is 6.12. The zero-order chi connectivity index (χ0) is 16.5. The van der Waals surface area contributed by atoms with E-state index >= 15 is 0 Å². The molecule has 0 unspecified atom stereocenters. The van der Waals surface area contributed by atoms with E-state index in [0.29, 0.717) is 5.82 Å². The molecule has 0 radical (unpaired) electrons. The van der Waals surface area contributed by atoms with Crippen molar-refractivity contribution in [3.8, 4) is 11.4 Å². The standard InChI is InChI=1S/C18H18ClN5/c1-23-12-15(10-22-23)18-20-8-13(9-21-18)11-24-6-2-3-14-7-16(19)4-5-17(14)24/h4-5,7-10,12H,2-3,6,11H2,1H3. The van der Waals surface area contributed by atoms with Crippen LogP contribution in [0.2, 0.25) is 5.02 Å². The first-order valence-electron chi connectivity index (χ1n) is 8.02. The van der Waals surface area contributed by atoms with Crippen molar-refractivity contribution < 1.29 is 0 Å². The number of hydrogen-bond acceptors (Lipinski definition) is 4. The molecule has 0 bridgehead atoms. The highest BCUT2D eigenvalue weighted by Crippen LogP contribution is 2.30. The minimum absolute atomic E-state index is 0.706. The molecule has 1 aliphatic heterocycles. The van der Waals surface area contributed by atoms with Gasteiger partial charge in [-0.2, -0.15) is 5.10 Å². The normalized spacial score (nSPS) is 13.8. The molecule has 0 fully saturated rings. The lowest BCUT2D eigenvalue weighted by molar-refractivity contribution is 0.689. The number of fused-ring (bicyclic) bond motifs is 1. The van der Waals surface area contributed by atoms with Crippen molar-refractivity contribution in [1.29, 1.82) is 0 Å². The van der Waals surface area contributed by atoms with Gasteiger partial charge in [0.15, 0.2) is 5.82 Å². The predicted molar refractivity (Wildman–Crippen MR) is 95.1 cm³/mol. The topological polar surface area (TPSA) is 46.8 Å². The van der Waals surface area contributed by atoms with Crippen molar-refractivity contribution in [2.24, 2.45) is 7.05 Å². The maximum absolute atomic E-state index is 6.12. The SMILES string of the molecule is Cn1cc(-c2ncc(CN3CCCc4cc(Cl)ccc43)cn2)cn1. The Labute approximate surface area is 145 Å². The quantitative estimate of drug-likeness (QED) is 0.733. The van der Waals surface area contributed by atoms with E-state index in [1.807, 2.05) is 31.7 Å². The van der Waals surface area contributed by atoms with E-state index in [9.17, 15) is 0 Å². The van der Waals surface area contributed by atoms with Crippen LogP contribution in [0.15, 0.2) is 43.0 Å². The Bertz CT molecular complexity index is 856. The van der Waals surface area contributed by atoms with E-state index in [0.717, 1.165) is 42.1 Å². The Balaban J connectivity index is 1.54. The number of rotatable bonds is 3. The van der Waals surface area contributed by atoms with Gasteiger partial charge in [-0.25, -0.2) is 9.97 Å². The second-order valence-corrected chi connectivity index (χ2v) is 6.55. The molecule has 0 atom stereocenters. The second-order valence-electron chi connectivity index (χ2n) is 6.12. The third kappa shape index (κ3) is 2.99. The van der Waals surface area contributed by atoms with Crippen molar-refractivity contribution in [2.45, 2.75) is 19.4 Å². The average Bonchev–Trinajstić information content (AvgIpc) is 3.02. The fourth-order valence-corrected chi connectivity index (χ4v) is 3.35. The van der Waals surface area contributed by atoms with Crippen molar-refractivity contribution in [3.63, 3.8) is 0 Å². The lowest BCUT2D eigenvalue weighted by Crippen LogP contribution is -2.28. The van der Waals surface area contributed by atoms with Crippen LogP contribution in [-0.4, -0.2) is 26.3 Å². The first-order chi connectivity index (χ1) is 11.7. The van der Waals surface area contributed by atoms with Crippen LogP contribution in [-0.2, 0) is 20.0 Å². The number of nitrogens with zero attached hydrogens (tertiary/aromatic N) is 5. The molecule has 3 aromatic rings. The number of benzene rings is 1. The average molecular weight is 340 g/mol. The minimum Gasteiger partial charge on any atom is -0.367 e. The van der Waals surface area contributed by atoms with Gasteiger partial charge in [0.2, 0.25) is 0 Å². The molecule has 3 heterocycles. The first-order valence-corrected chi connectivity index (χ1v) is 8.40. The van der Waals surface area contributed by atoms with E-state index in [-0.39, 0.29) is 0 Å². The van der Waals surface area contributed by atoms with Crippen LogP contribution in [0.3, 0.4) is 0 Å². The lowest BCUT2D eigenvalue weighted by Gasteiger charge is -2.31. The van der Waals surface area contributed by atoms with Crippen molar-refractivity contribution in [1.82, 2.24) is 19.7 Å². The third-order valence-corrected chi connectivity index (χ3v) is 4.53. The zero-order valence-corrected chi connectivity index (χ0v) is 14.2. The first kappa shape index (κ1) is 15.1. The Morgan fingerprint density at radius 2 is 2.00 bits per heavy atom. The van der Waals surface area contributed by atoms with Gasteiger partial charge in [0.05, 0.1) is 11.8 Å². The van der Waals surface area contributed by atoms with Gasteiger partial charge in [0.1, 0.15) is 0 Å². The lowest BCUT2D eigenvalue weighted by atomic mass is 10.0. The van der Waals surface area contributed by atoms with Crippen LogP contribution in [0.1, 0.15) is 17.5 Å². The van der Waals surface area contributed by atoms with Crippen LogP contribution in [0.25, 0.3) is 11.4 Å². The van der Waals surface area contributed by atoms with Gasteiger partial charge in [-0.1, -0.05) is 11.6 Å². The Morgan fingerprint density at radius 3 is 2.75 bits per heavy atom. The molecule has 6 heteroatoms. The van der Waals surface area contributed by atoms with Crippen LogP contribution in [0, 0.1) is 0 Å². The zero-order valence-electron chi connectivity index (χ0n) is 13.5. The van der Waals surface area contributed by atoms with Gasteiger partial charge in [-0.3, -0.25) is 4.68 Å². The highest BCUT2D eigenvalue weighted by Gasteiger charge is 2.17. The van der Waals surface area contributed by atoms with Gasteiger partial charge < -0.3 is 4.90 Å². The fourth-order valence-electron chi connectivity index (χ4n) is 3.15. The molecule has 24 heavy (non-hydrogen) atoms. The Morgan fingerprint density at radius 1 is 1.17 bits per heavy atom. The Kier molecular flexibility index (Phi) is 3.94. The van der Waals surface area contributed by atoms with Gasteiger partial charge in [-0.05, 0) is 36.6 Å². The number of aromatic nitrogens is 4. The van der Waals surface area contributed by atoms with Crippen LogP contribution in [0.4, 0.5) is 5.69 Å². The van der Waals surface area contributed by atoms with E-state index in [4.69, 9.17) is 11.6 Å². The molecule has 0 amide bonds. The molecule has 0 aliphatic carbocycles. The predicted octanol–water partition coefficient (Wildman–Crippen LogP) is 3.48. The largest absolute Gasteiger partial charge is 0.367 e. The molecule has 4 rings (SSSR count). The summed E-state index contributed by atoms with van der Waals surface area (Å²) in [6.45, 7) is 1.85. The molecule has 0 N–H and O–H groups in total. The summed E-state index contributed by atoms with van der Waals surface area (Å²) in [5, 5.41) is 4.96.